The van der Waals surface area contributed by atoms with Crippen LogP contribution in [-0.4, -0.2) is 82.8 Å². The average molecular weight is 758 g/mol. The van der Waals surface area contributed by atoms with Crippen LogP contribution in [0.15, 0.2) is 54.7 Å². The highest BCUT2D eigenvalue weighted by atomic mass is 16.5. The van der Waals surface area contributed by atoms with E-state index in [1.165, 1.54) is 14.2 Å². The van der Waals surface area contributed by atoms with E-state index in [0.29, 0.717) is 6.54 Å². The summed E-state index contributed by atoms with van der Waals surface area (Å²) in [6.07, 6.45) is 6.12. The molecule has 13 nitrogen and oxygen atoms in total. The number of benzene rings is 2. The lowest BCUT2D eigenvalue weighted by atomic mass is 9.74. The Hall–Kier alpha value is -4.91. The number of methoxy groups -OCH3 is 2. The van der Waals surface area contributed by atoms with E-state index >= 15 is 0 Å². The molecule has 2 fully saturated rings. The second-order valence-electron chi connectivity index (χ2n) is 15.6. The van der Waals surface area contributed by atoms with Gasteiger partial charge in [-0.05, 0) is 87.5 Å². The molecule has 2 heterocycles. The molecule has 6 atom stereocenters. The van der Waals surface area contributed by atoms with Gasteiger partial charge in [-0.2, -0.15) is 0 Å². The lowest BCUT2D eigenvalue weighted by Gasteiger charge is -2.42. The predicted octanol–water partition coefficient (Wildman–Crippen LogP) is 7.14. The van der Waals surface area contributed by atoms with Crippen LogP contribution in [0.1, 0.15) is 104 Å². The number of likely N-dealkylation sites (tertiary alicyclic amines) is 1. The van der Waals surface area contributed by atoms with Crippen molar-refractivity contribution in [3.8, 4) is 22.4 Å². The zero-order chi connectivity index (χ0) is 39.8. The zero-order valence-corrected chi connectivity index (χ0v) is 33.6. The molecule has 298 valence electrons. The monoisotopic (exact) mass is 757 g/mol. The number of rotatable bonds is 13. The molecular weight excluding hydrogens is 699 g/mol. The maximum Gasteiger partial charge on any atom is 0.421 e. The van der Waals surface area contributed by atoms with Crippen molar-refractivity contribution in [2.75, 3.05) is 20.8 Å². The number of alkyl carbamates (subject to hydrolysis) is 1. The lowest BCUT2D eigenvalue weighted by Crippen LogP contribution is -2.56. The second kappa shape index (κ2) is 18.6. The van der Waals surface area contributed by atoms with Crippen LogP contribution in [0.5, 0.6) is 0 Å². The molecule has 55 heavy (non-hydrogen) atoms. The van der Waals surface area contributed by atoms with Gasteiger partial charge in [-0.1, -0.05) is 75.2 Å². The minimum Gasteiger partial charge on any atom is -0.453 e. The van der Waals surface area contributed by atoms with E-state index < -0.39 is 18.2 Å². The Kier molecular flexibility index (Phi) is 14.0. The van der Waals surface area contributed by atoms with Crippen molar-refractivity contribution in [1.82, 2.24) is 35.9 Å². The number of imidazole rings is 1. The topological polar surface area (TPSA) is 158 Å². The predicted molar refractivity (Wildman–Crippen MR) is 211 cm³/mol. The molecule has 1 aromatic heterocycles. The SMILES string of the molecule is COC(=O)N[C@H](C(=O)N1CCC[C@H]1c1ncc(-c2ccc(-c3ccc([C@@H](C)NC(=O)C4CCCCC4C(C)N(NC(=O)OC)C(C)C)cc3)cc2)[nH]1)C(C)C. The maximum atomic E-state index is 13.7. The van der Waals surface area contributed by atoms with Crippen molar-refractivity contribution < 1.29 is 28.7 Å². The van der Waals surface area contributed by atoms with Crippen LogP contribution in [0.4, 0.5) is 9.59 Å². The van der Waals surface area contributed by atoms with E-state index in [2.05, 4.69) is 81.5 Å². The van der Waals surface area contributed by atoms with Crippen LogP contribution < -0.4 is 16.1 Å². The van der Waals surface area contributed by atoms with Crippen LogP contribution in [0.3, 0.4) is 0 Å². The fraction of sp³-hybridized carbons (Fsp3) is 0.548. The minimum absolute atomic E-state index is 0.0411. The Morgan fingerprint density at radius 1 is 0.800 bits per heavy atom. The van der Waals surface area contributed by atoms with Crippen LogP contribution in [0, 0.1) is 17.8 Å². The lowest BCUT2D eigenvalue weighted by molar-refractivity contribution is -0.135. The Bertz CT molecular complexity index is 1760. The number of nitrogens with zero attached hydrogens (tertiary/aromatic N) is 3. The molecule has 0 spiro atoms. The number of aromatic nitrogens is 2. The molecule has 3 aromatic rings. The molecule has 3 unspecified atom stereocenters. The first-order valence-corrected chi connectivity index (χ1v) is 19.7. The van der Waals surface area contributed by atoms with Gasteiger partial charge in [-0.25, -0.2) is 19.6 Å². The molecule has 13 heteroatoms. The highest BCUT2D eigenvalue weighted by Gasteiger charge is 2.39. The van der Waals surface area contributed by atoms with Gasteiger partial charge in [0.2, 0.25) is 11.8 Å². The summed E-state index contributed by atoms with van der Waals surface area (Å²) in [5.41, 5.74) is 7.85. The van der Waals surface area contributed by atoms with Crippen LogP contribution in [-0.2, 0) is 19.1 Å². The number of ether oxygens (including phenoxy) is 2. The summed E-state index contributed by atoms with van der Waals surface area (Å²) >= 11 is 0. The zero-order valence-electron chi connectivity index (χ0n) is 33.6. The Morgan fingerprint density at radius 3 is 2.04 bits per heavy atom. The van der Waals surface area contributed by atoms with E-state index in [1.54, 1.807) is 6.20 Å². The normalized spacial score (nSPS) is 20.2. The van der Waals surface area contributed by atoms with Crippen LogP contribution >= 0.6 is 0 Å². The highest BCUT2D eigenvalue weighted by Crippen LogP contribution is 2.36. The van der Waals surface area contributed by atoms with Gasteiger partial charge in [0.15, 0.2) is 0 Å². The second-order valence-corrected chi connectivity index (χ2v) is 15.6. The van der Waals surface area contributed by atoms with Gasteiger partial charge in [-0.3, -0.25) is 15.0 Å². The van der Waals surface area contributed by atoms with Crippen molar-refractivity contribution in [2.45, 2.75) is 110 Å². The molecule has 1 aliphatic carbocycles. The number of hydrogen-bond donors (Lipinski definition) is 4. The first-order chi connectivity index (χ1) is 26.3. The van der Waals surface area contributed by atoms with Gasteiger partial charge in [0.1, 0.15) is 11.9 Å². The number of hydrazine groups is 1. The largest absolute Gasteiger partial charge is 0.453 e. The van der Waals surface area contributed by atoms with Crippen molar-refractivity contribution in [3.63, 3.8) is 0 Å². The summed E-state index contributed by atoms with van der Waals surface area (Å²) in [7, 11) is 2.64. The number of amides is 4. The molecule has 1 saturated carbocycles. The highest BCUT2D eigenvalue weighted by molar-refractivity contribution is 5.86. The molecule has 1 saturated heterocycles. The van der Waals surface area contributed by atoms with Gasteiger partial charge < -0.3 is 30.0 Å². The third kappa shape index (κ3) is 9.86. The summed E-state index contributed by atoms with van der Waals surface area (Å²) in [4.78, 5) is 61.2. The standard InChI is InChI=1S/C42H59N7O6/c1-25(2)37(46-41(52)54-7)40(51)48-23-11-14-36(48)38-43-24-35(45-38)32-21-19-31(20-22-32)30-17-15-29(16-18-30)27(5)44-39(50)34-13-10-9-12-33(34)28(6)49(26(3)4)47-42(53)55-8/h15-22,24-28,33-34,36-37H,9-14,23H2,1-8H3,(H,43,45)(H,44,50)(H,46,52)(H,47,53)/t27-,28?,33?,34?,36+,37+/m1/s1. The first-order valence-electron chi connectivity index (χ1n) is 19.7. The van der Waals surface area contributed by atoms with Gasteiger partial charge in [0.05, 0.1) is 38.2 Å². The minimum atomic E-state index is -0.685. The number of nitrogens with one attached hydrogen (secondary N) is 4. The fourth-order valence-corrected chi connectivity index (χ4v) is 8.18. The van der Waals surface area contributed by atoms with Gasteiger partial charge in [0, 0.05) is 24.5 Å². The molecular formula is C42H59N7O6. The van der Waals surface area contributed by atoms with Crippen molar-refractivity contribution >= 4 is 24.0 Å². The van der Waals surface area contributed by atoms with Gasteiger partial charge in [-0.15, -0.1) is 0 Å². The van der Waals surface area contributed by atoms with E-state index in [-0.39, 0.29) is 53.7 Å². The number of H-pyrrole nitrogens is 1. The third-order valence-corrected chi connectivity index (χ3v) is 11.3. The third-order valence-electron chi connectivity index (χ3n) is 11.3. The van der Waals surface area contributed by atoms with Crippen LogP contribution in [0.2, 0.25) is 0 Å². The first kappa shape index (κ1) is 41.3. The number of carbonyl (C=O) groups is 4. The number of aromatic amines is 1. The molecule has 0 bridgehead atoms. The van der Waals surface area contributed by atoms with Gasteiger partial charge in [0.25, 0.3) is 0 Å². The molecule has 1 aliphatic heterocycles. The molecule has 0 radical (unpaired) electrons. The van der Waals surface area contributed by atoms with Gasteiger partial charge >= 0.3 is 12.2 Å². The van der Waals surface area contributed by atoms with E-state index in [4.69, 9.17) is 9.47 Å². The quantitative estimate of drug-likeness (QED) is 0.134. The molecule has 2 aliphatic rings. The summed E-state index contributed by atoms with van der Waals surface area (Å²) in [5, 5.41) is 7.89. The Balaban J connectivity index is 1.21. The summed E-state index contributed by atoms with van der Waals surface area (Å²) < 4.78 is 9.61. The van der Waals surface area contributed by atoms with E-state index in [0.717, 1.165) is 72.3 Å². The molecule has 4 amide bonds. The summed E-state index contributed by atoms with van der Waals surface area (Å²) in [6, 6.07) is 15.5. The molecule has 4 N–H and O–H groups in total. The fourth-order valence-electron chi connectivity index (χ4n) is 8.18. The summed E-state index contributed by atoms with van der Waals surface area (Å²) in [6.45, 7) is 12.5. The summed E-state index contributed by atoms with van der Waals surface area (Å²) in [5.74, 6) is 0.483. The van der Waals surface area contributed by atoms with Crippen molar-refractivity contribution in [1.29, 1.82) is 0 Å². The maximum absolute atomic E-state index is 13.7. The van der Waals surface area contributed by atoms with E-state index in [9.17, 15) is 19.2 Å². The molecule has 2 aromatic carbocycles. The number of carbonyl (C=O) groups excluding carboxylic acids is 4. The average Bonchev–Trinajstić information content (AvgIpc) is 3.89. The smallest absolute Gasteiger partial charge is 0.421 e. The Morgan fingerprint density at radius 2 is 1.42 bits per heavy atom. The number of hydrogen-bond acceptors (Lipinski definition) is 8. The van der Waals surface area contributed by atoms with Crippen molar-refractivity contribution in [3.05, 3.63) is 66.1 Å². The van der Waals surface area contributed by atoms with Crippen LogP contribution in [0.25, 0.3) is 22.4 Å². The molecule has 5 rings (SSSR count). The van der Waals surface area contributed by atoms with E-state index in [1.807, 2.05) is 44.5 Å². The Labute approximate surface area is 325 Å². The van der Waals surface area contributed by atoms with Crippen molar-refractivity contribution in [2.24, 2.45) is 17.8 Å².